The van der Waals surface area contributed by atoms with E-state index in [0.717, 1.165) is 19.5 Å². The van der Waals surface area contributed by atoms with Gasteiger partial charge in [0.1, 0.15) is 5.69 Å². The largest absolute Gasteiger partial charge is 0.351 e. The zero-order chi connectivity index (χ0) is 12.4. The summed E-state index contributed by atoms with van der Waals surface area (Å²) in [6.45, 7) is 1.66. The molecule has 0 aliphatic carbocycles. The standard InChI is InChI=1S/C10H14N4O3/c1-13(7-2-3-11-5-7)10(15)9-4-8(6-12-9)14(16)17/h4,6-7,11-12H,2-3,5H2,1H3. The Kier molecular flexibility index (Phi) is 3.10. The highest BCUT2D eigenvalue weighted by Gasteiger charge is 2.25. The number of likely N-dealkylation sites (N-methyl/N-ethyl adjacent to an activating group) is 1. The zero-order valence-electron chi connectivity index (χ0n) is 9.47. The number of nitrogens with one attached hydrogen (secondary N) is 2. The maximum atomic E-state index is 12.0. The molecule has 1 atom stereocenters. The molecule has 7 nitrogen and oxygen atoms in total. The predicted molar refractivity (Wildman–Crippen MR) is 60.8 cm³/mol. The van der Waals surface area contributed by atoms with E-state index in [2.05, 4.69) is 10.3 Å². The molecule has 7 heteroatoms. The lowest BCUT2D eigenvalue weighted by Crippen LogP contribution is -2.38. The van der Waals surface area contributed by atoms with Crippen LogP contribution < -0.4 is 5.32 Å². The fourth-order valence-corrected chi connectivity index (χ4v) is 1.94. The van der Waals surface area contributed by atoms with Crippen molar-refractivity contribution < 1.29 is 9.72 Å². The lowest BCUT2D eigenvalue weighted by Gasteiger charge is -2.22. The molecule has 1 aliphatic rings. The van der Waals surface area contributed by atoms with Crippen LogP contribution in [0.1, 0.15) is 16.9 Å². The number of aromatic amines is 1. The normalized spacial score (nSPS) is 19.2. The molecule has 1 fully saturated rings. The van der Waals surface area contributed by atoms with E-state index in [1.807, 2.05) is 0 Å². The Morgan fingerprint density at radius 3 is 2.94 bits per heavy atom. The minimum Gasteiger partial charge on any atom is -0.351 e. The summed E-state index contributed by atoms with van der Waals surface area (Å²) in [5, 5.41) is 13.7. The van der Waals surface area contributed by atoms with Crippen LogP contribution in [0.4, 0.5) is 5.69 Å². The highest BCUT2D eigenvalue weighted by Crippen LogP contribution is 2.15. The monoisotopic (exact) mass is 238 g/mol. The first-order valence-electron chi connectivity index (χ1n) is 5.40. The van der Waals surface area contributed by atoms with Crippen molar-refractivity contribution >= 4 is 11.6 Å². The average molecular weight is 238 g/mol. The first kappa shape index (κ1) is 11.6. The van der Waals surface area contributed by atoms with Crippen LogP contribution in [0, 0.1) is 10.1 Å². The smallest absolute Gasteiger partial charge is 0.287 e. The molecule has 0 bridgehead atoms. The summed E-state index contributed by atoms with van der Waals surface area (Å²) in [5.41, 5.74) is 0.164. The topological polar surface area (TPSA) is 91.3 Å². The van der Waals surface area contributed by atoms with Crippen molar-refractivity contribution in [3.8, 4) is 0 Å². The molecule has 0 radical (unpaired) electrons. The van der Waals surface area contributed by atoms with Crippen molar-refractivity contribution in [1.29, 1.82) is 0 Å². The van der Waals surface area contributed by atoms with Crippen molar-refractivity contribution in [3.05, 3.63) is 28.1 Å². The number of hydrogen-bond donors (Lipinski definition) is 2. The van der Waals surface area contributed by atoms with Gasteiger partial charge in [-0.3, -0.25) is 14.9 Å². The number of nitrogens with zero attached hydrogens (tertiary/aromatic N) is 2. The summed E-state index contributed by atoms with van der Waals surface area (Å²) < 4.78 is 0. The molecule has 0 spiro atoms. The number of nitro groups is 1. The van der Waals surface area contributed by atoms with E-state index in [4.69, 9.17) is 0 Å². The van der Waals surface area contributed by atoms with Gasteiger partial charge >= 0.3 is 0 Å². The number of aromatic nitrogens is 1. The molecule has 2 heterocycles. The van der Waals surface area contributed by atoms with Crippen molar-refractivity contribution in [2.24, 2.45) is 0 Å². The number of amides is 1. The molecule has 1 aromatic rings. The maximum absolute atomic E-state index is 12.0. The molecule has 1 amide bonds. The van der Waals surface area contributed by atoms with Gasteiger partial charge in [0.15, 0.2) is 0 Å². The van der Waals surface area contributed by atoms with E-state index >= 15 is 0 Å². The Hall–Kier alpha value is -1.89. The minimum absolute atomic E-state index is 0.0914. The average Bonchev–Trinajstić information content (AvgIpc) is 2.97. The number of carbonyl (C=O) groups is 1. The van der Waals surface area contributed by atoms with E-state index < -0.39 is 4.92 Å². The lowest BCUT2D eigenvalue weighted by molar-refractivity contribution is -0.384. The number of H-pyrrole nitrogens is 1. The van der Waals surface area contributed by atoms with Gasteiger partial charge in [0.2, 0.25) is 0 Å². The summed E-state index contributed by atoms with van der Waals surface area (Å²) in [6.07, 6.45) is 2.14. The Labute approximate surface area is 97.9 Å². The summed E-state index contributed by atoms with van der Waals surface area (Å²) in [5.74, 6) is -0.216. The first-order valence-corrected chi connectivity index (χ1v) is 5.40. The van der Waals surface area contributed by atoms with Gasteiger partial charge in [0, 0.05) is 25.7 Å². The third-order valence-electron chi connectivity index (χ3n) is 3.01. The van der Waals surface area contributed by atoms with E-state index in [-0.39, 0.29) is 23.3 Å². The highest BCUT2D eigenvalue weighted by molar-refractivity contribution is 5.93. The summed E-state index contributed by atoms with van der Waals surface area (Å²) in [7, 11) is 1.71. The molecule has 1 saturated heterocycles. The number of hydrogen-bond acceptors (Lipinski definition) is 4. The summed E-state index contributed by atoms with van der Waals surface area (Å²) >= 11 is 0. The maximum Gasteiger partial charge on any atom is 0.287 e. The van der Waals surface area contributed by atoms with E-state index in [0.29, 0.717) is 0 Å². The lowest BCUT2D eigenvalue weighted by atomic mass is 10.2. The summed E-state index contributed by atoms with van der Waals surface area (Å²) in [6, 6.07) is 1.42. The van der Waals surface area contributed by atoms with Crippen LogP contribution >= 0.6 is 0 Å². The van der Waals surface area contributed by atoms with Crippen molar-refractivity contribution in [2.75, 3.05) is 20.1 Å². The van der Waals surface area contributed by atoms with Gasteiger partial charge in [-0.25, -0.2) is 0 Å². The Morgan fingerprint density at radius 1 is 1.65 bits per heavy atom. The second kappa shape index (κ2) is 4.54. The number of rotatable bonds is 3. The molecular formula is C10H14N4O3. The van der Waals surface area contributed by atoms with Crippen LogP contribution in [-0.4, -0.2) is 46.9 Å². The van der Waals surface area contributed by atoms with Crippen LogP contribution in [-0.2, 0) is 0 Å². The summed E-state index contributed by atoms with van der Waals surface area (Å²) in [4.78, 5) is 26.3. The molecule has 0 saturated carbocycles. The molecule has 92 valence electrons. The van der Waals surface area contributed by atoms with Gasteiger partial charge < -0.3 is 15.2 Å². The second-order valence-electron chi connectivity index (χ2n) is 4.09. The molecule has 1 aromatic heterocycles. The molecule has 1 aliphatic heterocycles. The third-order valence-corrected chi connectivity index (χ3v) is 3.01. The fraction of sp³-hybridized carbons (Fsp3) is 0.500. The Balaban J connectivity index is 2.09. The third kappa shape index (κ3) is 2.28. The van der Waals surface area contributed by atoms with Crippen LogP contribution in [0.25, 0.3) is 0 Å². The van der Waals surface area contributed by atoms with E-state index in [1.54, 1.807) is 11.9 Å². The van der Waals surface area contributed by atoms with E-state index in [1.165, 1.54) is 12.3 Å². The quantitative estimate of drug-likeness (QED) is 0.587. The van der Waals surface area contributed by atoms with E-state index in [9.17, 15) is 14.9 Å². The Morgan fingerprint density at radius 2 is 2.41 bits per heavy atom. The second-order valence-corrected chi connectivity index (χ2v) is 4.09. The molecule has 2 N–H and O–H groups in total. The van der Waals surface area contributed by atoms with Gasteiger partial charge in [-0.15, -0.1) is 0 Å². The Bertz CT molecular complexity index is 437. The van der Waals surface area contributed by atoms with Crippen molar-refractivity contribution in [3.63, 3.8) is 0 Å². The van der Waals surface area contributed by atoms with Crippen LogP contribution in [0.2, 0.25) is 0 Å². The zero-order valence-corrected chi connectivity index (χ0v) is 9.47. The molecule has 1 unspecified atom stereocenters. The van der Waals surface area contributed by atoms with Gasteiger partial charge in [-0.05, 0) is 13.0 Å². The molecular weight excluding hydrogens is 224 g/mol. The molecule has 0 aromatic carbocycles. The van der Waals surface area contributed by atoms with Crippen LogP contribution in [0.15, 0.2) is 12.3 Å². The molecule has 2 rings (SSSR count). The fourth-order valence-electron chi connectivity index (χ4n) is 1.94. The van der Waals surface area contributed by atoms with Gasteiger partial charge in [0.25, 0.3) is 11.6 Å². The SMILES string of the molecule is CN(C(=O)c1cc([N+](=O)[O-])c[nH]1)C1CCNC1. The predicted octanol–water partition coefficient (Wildman–Crippen LogP) is 0.357. The number of carbonyl (C=O) groups excluding carboxylic acids is 1. The van der Waals surface area contributed by atoms with Gasteiger partial charge in [-0.2, -0.15) is 0 Å². The van der Waals surface area contributed by atoms with Crippen LogP contribution in [0.5, 0.6) is 0 Å². The first-order chi connectivity index (χ1) is 8.09. The highest BCUT2D eigenvalue weighted by atomic mass is 16.6. The van der Waals surface area contributed by atoms with Gasteiger partial charge in [-0.1, -0.05) is 0 Å². The van der Waals surface area contributed by atoms with Crippen molar-refractivity contribution in [1.82, 2.24) is 15.2 Å². The van der Waals surface area contributed by atoms with Crippen LogP contribution in [0.3, 0.4) is 0 Å². The molecule has 17 heavy (non-hydrogen) atoms. The minimum atomic E-state index is -0.523. The van der Waals surface area contributed by atoms with Crippen molar-refractivity contribution in [2.45, 2.75) is 12.5 Å². The van der Waals surface area contributed by atoms with Gasteiger partial charge in [0.05, 0.1) is 11.1 Å².